The molecule has 0 unspecified atom stereocenters. The SMILES string of the molecule is Cc1cc(NC(=O)[C@H](CC(C)C)NS(=O)(=O)N(C)C)no1. The molecule has 0 aliphatic rings. The van der Waals surface area contributed by atoms with Crippen molar-refractivity contribution >= 4 is 21.9 Å². The van der Waals surface area contributed by atoms with E-state index in [0.29, 0.717) is 12.2 Å². The van der Waals surface area contributed by atoms with Crippen LogP contribution >= 0.6 is 0 Å². The largest absolute Gasteiger partial charge is 0.360 e. The summed E-state index contributed by atoms with van der Waals surface area (Å²) in [6.07, 6.45) is 0.371. The lowest BCUT2D eigenvalue weighted by Gasteiger charge is -2.21. The first kappa shape index (κ1) is 17.6. The Morgan fingerprint density at radius 3 is 2.48 bits per heavy atom. The van der Waals surface area contributed by atoms with Gasteiger partial charge in [-0.15, -0.1) is 0 Å². The molecule has 1 heterocycles. The molecule has 0 bridgehead atoms. The zero-order valence-electron chi connectivity index (χ0n) is 12.9. The maximum absolute atomic E-state index is 12.2. The van der Waals surface area contributed by atoms with E-state index >= 15 is 0 Å². The summed E-state index contributed by atoms with van der Waals surface area (Å²) in [6.45, 7) is 5.51. The Bertz CT molecular complexity index is 580. The molecular formula is C12H22N4O4S. The summed E-state index contributed by atoms with van der Waals surface area (Å²) in [5.41, 5.74) is 0. The van der Waals surface area contributed by atoms with Crippen LogP contribution < -0.4 is 10.0 Å². The van der Waals surface area contributed by atoms with Gasteiger partial charge in [0, 0.05) is 20.2 Å². The van der Waals surface area contributed by atoms with E-state index in [4.69, 9.17) is 4.52 Å². The molecule has 0 aliphatic heterocycles. The van der Waals surface area contributed by atoms with Crippen LogP contribution in [0, 0.1) is 12.8 Å². The fourth-order valence-corrected chi connectivity index (χ4v) is 2.38. The predicted octanol–water partition coefficient (Wildman–Crippen LogP) is 0.732. The van der Waals surface area contributed by atoms with Crippen molar-refractivity contribution in [3.05, 3.63) is 11.8 Å². The molecule has 0 spiro atoms. The molecular weight excluding hydrogens is 296 g/mol. The summed E-state index contributed by atoms with van der Waals surface area (Å²) in [5.74, 6) is 0.488. The first-order valence-corrected chi connectivity index (χ1v) is 7.99. The molecule has 1 aromatic rings. The van der Waals surface area contributed by atoms with E-state index in [1.165, 1.54) is 14.1 Å². The number of hydrogen-bond acceptors (Lipinski definition) is 5. The number of carbonyl (C=O) groups is 1. The third-order valence-electron chi connectivity index (χ3n) is 2.67. The summed E-state index contributed by atoms with van der Waals surface area (Å²) in [6, 6.07) is 0.680. The third kappa shape index (κ3) is 5.44. The summed E-state index contributed by atoms with van der Waals surface area (Å²) in [5, 5.41) is 6.19. The van der Waals surface area contributed by atoms with Crippen LogP contribution in [0.15, 0.2) is 10.6 Å². The molecule has 0 saturated carbocycles. The monoisotopic (exact) mass is 318 g/mol. The summed E-state index contributed by atoms with van der Waals surface area (Å²) < 4.78 is 32.0. The van der Waals surface area contributed by atoms with Crippen LogP contribution in [0.3, 0.4) is 0 Å². The van der Waals surface area contributed by atoms with E-state index in [2.05, 4.69) is 15.2 Å². The minimum atomic E-state index is -3.70. The quantitative estimate of drug-likeness (QED) is 0.771. The molecule has 0 fully saturated rings. The Labute approximate surface area is 125 Å². The van der Waals surface area contributed by atoms with Gasteiger partial charge in [-0.2, -0.15) is 17.4 Å². The maximum Gasteiger partial charge on any atom is 0.279 e. The molecule has 1 aromatic heterocycles. The van der Waals surface area contributed by atoms with Crippen LogP contribution in [0.4, 0.5) is 5.82 Å². The molecule has 1 rings (SSSR count). The number of hydrogen-bond donors (Lipinski definition) is 2. The topological polar surface area (TPSA) is 105 Å². The molecule has 2 N–H and O–H groups in total. The lowest BCUT2D eigenvalue weighted by Crippen LogP contribution is -2.48. The van der Waals surface area contributed by atoms with Crippen molar-refractivity contribution in [2.24, 2.45) is 5.92 Å². The third-order valence-corrected chi connectivity index (χ3v) is 4.22. The summed E-state index contributed by atoms with van der Waals surface area (Å²) >= 11 is 0. The van der Waals surface area contributed by atoms with Crippen molar-refractivity contribution in [3.63, 3.8) is 0 Å². The van der Waals surface area contributed by atoms with Crippen molar-refractivity contribution in [2.45, 2.75) is 33.2 Å². The molecule has 1 amide bonds. The number of nitrogens with zero attached hydrogens (tertiary/aromatic N) is 2. The predicted molar refractivity (Wildman–Crippen MR) is 78.9 cm³/mol. The maximum atomic E-state index is 12.2. The Kier molecular flexibility index (Phi) is 5.87. The van der Waals surface area contributed by atoms with Crippen LogP contribution in [0.5, 0.6) is 0 Å². The first-order chi connectivity index (χ1) is 9.61. The number of aryl methyl sites for hydroxylation is 1. The smallest absolute Gasteiger partial charge is 0.279 e. The number of anilines is 1. The minimum Gasteiger partial charge on any atom is -0.360 e. The van der Waals surface area contributed by atoms with Gasteiger partial charge in [-0.25, -0.2) is 0 Å². The van der Waals surface area contributed by atoms with Crippen LogP contribution in [0.2, 0.25) is 0 Å². The van der Waals surface area contributed by atoms with E-state index < -0.39 is 22.2 Å². The van der Waals surface area contributed by atoms with Crippen molar-refractivity contribution in [2.75, 3.05) is 19.4 Å². The highest BCUT2D eigenvalue weighted by Gasteiger charge is 2.27. The highest BCUT2D eigenvalue weighted by atomic mass is 32.2. The first-order valence-electron chi connectivity index (χ1n) is 6.55. The summed E-state index contributed by atoms with van der Waals surface area (Å²) in [7, 11) is -0.903. The molecule has 21 heavy (non-hydrogen) atoms. The Morgan fingerprint density at radius 2 is 2.05 bits per heavy atom. The second-order valence-electron chi connectivity index (χ2n) is 5.40. The van der Waals surface area contributed by atoms with Crippen LogP contribution in [0.1, 0.15) is 26.0 Å². The standard InChI is InChI=1S/C12H22N4O4S/c1-8(2)6-10(15-21(18,19)16(4)5)12(17)13-11-7-9(3)20-14-11/h7-8,10,15H,6H2,1-5H3,(H,13,14,17)/t10-/m0/s1. The van der Waals surface area contributed by atoms with Gasteiger partial charge in [-0.05, 0) is 19.3 Å². The Hall–Kier alpha value is -1.45. The zero-order chi connectivity index (χ0) is 16.2. The number of carbonyl (C=O) groups excluding carboxylic acids is 1. The van der Waals surface area contributed by atoms with E-state index in [-0.39, 0.29) is 11.7 Å². The van der Waals surface area contributed by atoms with Gasteiger partial charge in [0.1, 0.15) is 11.8 Å². The lowest BCUT2D eigenvalue weighted by molar-refractivity contribution is -0.118. The molecule has 0 radical (unpaired) electrons. The fraction of sp³-hybridized carbons (Fsp3) is 0.667. The zero-order valence-corrected chi connectivity index (χ0v) is 13.7. The average molecular weight is 318 g/mol. The van der Waals surface area contributed by atoms with Gasteiger partial charge in [0.15, 0.2) is 5.82 Å². The fourth-order valence-electron chi connectivity index (χ4n) is 1.60. The van der Waals surface area contributed by atoms with Gasteiger partial charge < -0.3 is 9.84 Å². The van der Waals surface area contributed by atoms with Crippen molar-refractivity contribution in [3.8, 4) is 0 Å². The lowest BCUT2D eigenvalue weighted by atomic mass is 10.0. The van der Waals surface area contributed by atoms with Gasteiger partial charge in [0.25, 0.3) is 10.2 Å². The number of aromatic nitrogens is 1. The van der Waals surface area contributed by atoms with Gasteiger partial charge in [-0.3, -0.25) is 4.79 Å². The average Bonchev–Trinajstić information content (AvgIpc) is 2.72. The molecule has 0 aliphatic carbocycles. The Morgan fingerprint density at radius 1 is 1.43 bits per heavy atom. The van der Waals surface area contributed by atoms with Gasteiger partial charge in [0.05, 0.1) is 0 Å². The molecule has 120 valence electrons. The molecule has 8 nitrogen and oxygen atoms in total. The van der Waals surface area contributed by atoms with Crippen LogP contribution in [0.25, 0.3) is 0 Å². The second-order valence-corrected chi connectivity index (χ2v) is 7.32. The summed E-state index contributed by atoms with van der Waals surface area (Å²) in [4.78, 5) is 12.2. The van der Waals surface area contributed by atoms with E-state index in [0.717, 1.165) is 4.31 Å². The number of nitrogens with one attached hydrogen (secondary N) is 2. The van der Waals surface area contributed by atoms with Crippen LogP contribution in [-0.2, 0) is 15.0 Å². The molecule has 0 aromatic carbocycles. The second kappa shape index (κ2) is 7.01. The molecule has 9 heteroatoms. The highest BCUT2D eigenvalue weighted by molar-refractivity contribution is 7.87. The number of amides is 1. The van der Waals surface area contributed by atoms with E-state index in [9.17, 15) is 13.2 Å². The molecule has 1 atom stereocenters. The van der Waals surface area contributed by atoms with Gasteiger partial charge in [-0.1, -0.05) is 19.0 Å². The normalized spacial score (nSPS) is 13.7. The minimum absolute atomic E-state index is 0.143. The van der Waals surface area contributed by atoms with Crippen molar-refractivity contribution < 1.29 is 17.7 Å². The van der Waals surface area contributed by atoms with E-state index in [1.807, 2.05) is 13.8 Å². The van der Waals surface area contributed by atoms with Crippen molar-refractivity contribution in [1.82, 2.24) is 14.2 Å². The van der Waals surface area contributed by atoms with Gasteiger partial charge in [0.2, 0.25) is 5.91 Å². The van der Waals surface area contributed by atoms with Crippen LogP contribution in [-0.4, -0.2) is 43.9 Å². The van der Waals surface area contributed by atoms with Gasteiger partial charge >= 0.3 is 0 Å². The number of rotatable bonds is 7. The Balaban J connectivity index is 2.84. The highest BCUT2D eigenvalue weighted by Crippen LogP contribution is 2.11. The van der Waals surface area contributed by atoms with Crippen molar-refractivity contribution in [1.29, 1.82) is 0 Å². The van der Waals surface area contributed by atoms with E-state index in [1.54, 1.807) is 13.0 Å². The molecule has 0 saturated heterocycles.